The molecule has 1 rings (SSSR count). The van der Waals surface area contributed by atoms with Crippen molar-refractivity contribution in [3.8, 4) is 0 Å². The smallest absolute Gasteiger partial charge is 0.160 e. The molecule has 0 amide bonds. The number of hydrogen-bond acceptors (Lipinski definition) is 6. The van der Waals surface area contributed by atoms with E-state index in [9.17, 15) is 10.2 Å². The minimum absolute atomic E-state index is 0.192. The van der Waals surface area contributed by atoms with E-state index in [1.54, 1.807) is 0 Å². The molecule has 0 radical (unpaired) electrons. The summed E-state index contributed by atoms with van der Waals surface area (Å²) in [6, 6.07) is 0. The highest BCUT2D eigenvalue weighted by molar-refractivity contribution is 4.82. The first kappa shape index (κ1) is 11.8. The van der Waals surface area contributed by atoms with Crippen LogP contribution in [-0.2, 0) is 9.47 Å². The molecule has 0 unspecified atom stereocenters. The summed E-state index contributed by atoms with van der Waals surface area (Å²) in [4.78, 5) is 0. The van der Waals surface area contributed by atoms with Gasteiger partial charge < -0.3 is 30.5 Å². The van der Waals surface area contributed by atoms with Gasteiger partial charge in [-0.15, -0.1) is 0 Å². The summed E-state index contributed by atoms with van der Waals surface area (Å²) in [5.74, 6) is 0. The normalized spacial score (nSPS) is 38.6. The van der Waals surface area contributed by atoms with Crippen LogP contribution in [0.2, 0.25) is 0 Å². The monoisotopic (exact) mass is 207 g/mol. The largest absolute Gasteiger partial charge is 0.394 e. The van der Waals surface area contributed by atoms with Gasteiger partial charge in [0.2, 0.25) is 0 Å². The minimum atomic E-state index is -1.06. The Kier molecular flexibility index (Phi) is 4.73. The van der Waals surface area contributed by atoms with Crippen LogP contribution in [-0.4, -0.2) is 59.7 Å². The summed E-state index contributed by atoms with van der Waals surface area (Å²) < 4.78 is 10.3. The number of ether oxygens (including phenoxy) is 2. The summed E-state index contributed by atoms with van der Waals surface area (Å²) in [6.07, 6.45) is -3.19. The van der Waals surface area contributed by atoms with Gasteiger partial charge in [0, 0.05) is 13.0 Å². The number of aliphatic hydroxyl groups excluding tert-OH is 3. The highest BCUT2D eigenvalue weighted by Crippen LogP contribution is 2.20. The van der Waals surface area contributed by atoms with Gasteiger partial charge >= 0.3 is 0 Å². The maximum atomic E-state index is 9.40. The zero-order chi connectivity index (χ0) is 10.6. The van der Waals surface area contributed by atoms with Crippen LogP contribution in [0.3, 0.4) is 0 Å². The summed E-state index contributed by atoms with van der Waals surface area (Å²) in [5.41, 5.74) is 5.23. The Labute approximate surface area is 82.2 Å². The third-order valence-electron chi connectivity index (χ3n) is 2.14. The Morgan fingerprint density at radius 1 is 1.43 bits per heavy atom. The van der Waals surface area contributed by atoms with Gasteiger partial charge in [-0.3, -0.25) is 0 Å². The van der Waals surface area contributed by atoms with E-state index in [2.05, 4.69) is 0 Å². The summed E-state index contributed by atoms with van der Waals surface area (Å²) >= 11 is 0. The van der Waals surface area contributed by atoms with E-state index >= 15 is 0 Å². The lowest BCUT2D eigenvalue weighted by molar-refractivity contribution is -0.255. The summed E-state index contributed by atoms with van der Waals surface area (Å²) in [6.45, 7) is 0.342. The van der Waals surface area contributed by atoms with E-state index in [1.165, 1.54) is 0 Å². The molecule has 0 bridgehead atoms. The standard InChI is InChI=1S/C8H17NO5/c9-1-2-13-7-3-5(11)8(12)6(4-10)14-7/h5-8,10-12H,1-4,9H2/t5-,6-,7+,8+/m1/s1. The fourth-order valence-corrected chi connectivity index (χ4v) is 1.37. The van der Waals surface area contributed by atoms with Crippen molar-refractivity contribution in [1.82, 2.24) is 0 Å². The Balaban J connectivity index is 2.41. The van der Waals surface area contributed by atoms with Crippen molar-refractivity contribution < 1.29 is 24.8 Å². The van der Waals surface area contributed by atoms with Crippen molar-refractivity contribution in [2.24, 2.45) is 5.73 Å². The van der Waals surface area contributed by atoms with Crippen molar-refractivity contribution in [2.75, 3.05) is 19.8 Å². The second kappa shape index (κ2) is 5.59. The molecular weight excluding hydrogens is 190 g/mol. The SMILES string of the molecule is NCCO[C@@H]1C[C@@H](O)[C@H](O)[C@@H](CO)O1. The lowest BCUT2D eigenvalue weighted by Gasteiger charge is -2.35. The highest BCUT2D eigenvalue weighted by atomic mass is 16.7. The van der Waals surface area contributed by atoms with E-state index in [1.807, 2.05) is 0 Å². The van der Waals surface area contributed by atoms with Crippen LogP contribution < -0.4 is 5.73 Å². The van der Waals surface area contributed by atoms with Crippen molar-refractivity contribution in [3.63, 3.8) is 0 Å². The second-order valence-electron chi connectivity index (χ2n) is 3.24. The minimum Gasteiger partial charge on any atom is -0.394 e. The number of rotatable bonds is 4. The molecule has 0 aromatic carbocycles. The van der Waals surface area contributed by atoms with E-state index in [-0.39, 0.29) is 13.0 Å². The lowest BCUT2D eigenvalue weighted by atomic mass is 10.0. The van der Waals surface area contributed by atoms with Gasteiger partial charge in [-0.1, -0.05) is 0 Å². The maximum Gasteiger partial charge on any atom is 0.160 e. The topological polar surface area (TPSA) is 105 Å². The lowest BCUT2D eigenvalue weighted by Crippen LogP contribution is -2.50. The molecule has 0 aromatic heterocycles. The van der Waals surface area contributed by atoms with Crippen molar-refractivity contribution >= 4 is 0 Å². The van der Waals surface area contributed by atoms with Gasteiger partial charge in [0.15, 0.2) is 6.29 Å². The zero-order valence-electron chi connectivity index (χ0n) is 7.87. The van der Waals surface area contributed by atoms with Gasteiger partial charge in [0.1, 0.15) is 12.2 Å². The van der Waals surface area contributed by atoms with E-state index in [0.29, 0.717) is 13.2 Å². The van der Waals surface area contributed by atoms with Crippen LogP contribution in [0.5, 0.6) is 0 Å². The third kappa shape index (κ3) is 2.88. The quantitative estimate of drug-likeness (QED) is 0.416. The molecule has 1 heterocycles. The van der Waals surface area contributed by atoms with E-state index in [0.717, 1.165) is 0 Å². The first-order valence-electron chi connectivity index (χ1n) is 4.63. The molecule has 6 heteroatoms. The van der Waals surface area contributed by atoms with Crippen LogP contribution >= 0.6 is 0 Å². The molecule has 4 atom stereocenters. The van der Waals surface area contributed by atoms with Crippen molar-refractivity contribution in [2.45, 2.75) is 31.0 Å². The van der Waals surface area contributed by atoms with Crippen LogP contribution in [0.15, 0.2) is 0 Å². The third-order valence-corrected chi connectivity index (χ3v) is 2.14. The molecule has 0 aliphatic carbocycles. The molecule has 6 nitrogen and oxygen atoms in total. The van der Waals surface area contributed by atoms with Crippen LogP contribution in [0.1, 0.15) is 6.42 Å². The van der Waals surface area contributed by atoms with E-state index < -0.39 is 24.6 Å². The fourth-order valence-electron chi connectivity index (χ4n) is 1.37. The molecular formula is C8H17NO5. The molecule has 1 saturated heterocycles. The average molecular weight is 207 g/mol. The van der Waals surface area contributed by atoms with Gasteiger partial charge in [-0.2, -0.15) is 0 Å². The fraction of sp³-hybridized carbons (Fsp3) is 1.00. The second-order valence-corrected chi connectivity index (χ2v) is 3.24. The first-order valence-corrected chi connectivity index (χ1v) is 4.63. The molecule has 0 saturated carbocycles. The van der Waals surface area contributed by atoms with Crippen molar-refractivity contribution in [3.05, 3.63) is 0 Å². The molecule has 14 heavy (non-hydrogen) atoms. The van der Waals surface area contributed by atoms with Crippen LogP contribution in [0, 0.1) is 0 Å². The Morgan fingerprint density at radius 3 is 2.71 bits per heavy atom. The molecule has 5 N–H and O–H groups in total. The first-order chi connectivity index (χ1) is 6.69. The maximum absolute atomic E-state index is 9.40. The van der Waals surface area contributed by atoms with Crippen LogP contribution in [0.25, 0.3) is 0 Å². The highest BCUT2D eigenvalue weighted by Gasteiger charge is 2.36. The average Bonchev–Trinajstić information content (AvgIpc) is 2.19. The number of nitrogens with two attached hydrogens (primary N) is 1. The molecule has 1 aliphatic rings. The van der Waals surface area contributed by atoms with Gasteiger partial charge in [-0.05, 0) is 0 Å². The predicted molar refractivity (Wildman–Crippen MR) is 47.4 cm³/mol. The molecule has 1 aliphatic heterocycles. The van der Waals surface area contributed by atoms with Crippen molar-refractivity contribution in [1.29, 1.82) is 0 Å². The summed E-state index contributed by atoms with van der Waals surface area (Å²) in [5, 5.41) is 27.6. The van der Waals surface area contributed by atoms with Gasteiger partial charge in [0.25, 0.3) is 0 Å². The Bertz CT molecular complexity index is 168. The molecule has 1 fully saturated rings. The molecule has 0 spiro atoms. The summed E-state index contributed by atoms with van der Waals surface area (Å²) in [7, 11) is 0. The Hall–Kier alpha value is -0.240. The van der Waals surface area contributed by atoms with Gasteiger partial charge in [-0.25, -0.2) is 0 Å². The number of aliphatic hydroxyl groups is 3. The van der Waals surface area contributed by atoms with Crippen LogP contribution in [0.4, 0.5) is 0 Å². The Morgan fingerprint density at radius 2 is 2.14 bits per heavy atom. The van der Waals surface area contributed by atoms with E-state index in [4.69, 9.17) is 20.3 Å². The zero-order valence-corrected chi connectivity index (χ0v) is 7.87. The number of hydrogen-bond donors (Lipinski definition) is 4. The predicted octanol–water partition coefficient (Wildman–Crippen LogP) is -2.21. The molecule has 0 aromatic rings. The molecule has 84 valence electrons. The van der Waals surface area contributed by atoms with Gasteiger partial charge in [0.05, 0.1) is 19.3 Å².